The Labute approximate surface area is 385 Å². The van der Waals surface area contributed by atoms with Gasteiger partial charge in [-0.25, -0.2) is 4.99 Å². The van der Waals surface area contributed by atoms with Crippen LogP contribution in [-0.2, 0) is 0 Å². The van der Waals surface area contributed by atoms with Gasteiger partial charge in [-0.2, -0.15) is 0 Å². The summed E-state index contributed by atoms with van der Waals surface area (Å²) in [6.45, 7) is 0. The fourth-order valence-electron chi connectivity index (χ4n) is 11.5. The number of benzene rings is 9. The van der Waals surface area contributed by atoms with Crippen LogP contribution in [-0.4, -0.2) is 22.2 Å². The summed E-state index contributed by atoms with van der Waals surface area (Å²) in [5.74, 6) is 1.10. The Morgan fingerprint density at radius 1 is 0.530 bits per heavy atom. The van der Waals surface area contributed by atoms with Crippen molar-refractivity contribution < 1.29 is 4.42 Å². The Morgan fingerprint density at radius 2 is 1.21 bits per heavy atom. The molecule has 314 valence electrons. The van der Waals surface area contributed by atoms with Crippen molar-refractivity contribution in [2.45, 2.75) is 44.1 Å². The third-order valence-electron chi connectivity index (χ3n) is 14.5. The summed E-state index contributed by atoms with van der Waals surface area (Å²) >= 11 is 1.86. The number of para-hydroxylation sites is 2. The van der Waals surface area contributed by atoms with Gasteiger partial charge in [0.25, 0.3) is 0 Å². The number of nitrogens with zero attached hydrogens (tertiary/aromatic N) is 3. The molecule has 0 saturated heterocycles. The maximum absolute atomic E-state index is 7.07. The fourth-order valence-corrected chi connectivity index (χ4v) is 12.6. The number of amidine groups is 1. The van der Waals surface area contributed by atoms with E-state index in [4.69, 9.17) is 14.4 Å². The summed E-state index contributed by atoms with van der Waals surface area (Å²) < 4.78 is 12.1. The normalized spacial score (nSPS) is 17.1. The minimum atomic E-state index is 0.0734. The van der Waals surface area contributed by atoms with Gasteiger partial charge in [-0.05, 0) is 114 Å². The van der Waals surface area contributed by atoms with E-state index < -0.39 is 0 Å². The van der Waals surface area contributed by atoms with Gasteiger partial charge in [-0.15, -0.1) is 11.3 Å². The first-order valence-electron chi connectivity index (χ1n) is 23.3. The highest BCUT2D eigenvalue weighted by Gasteiger charge is 2.30. The molecular formula is C61H43N3OS. The second-order valence-corrected chi connectivity index (χ2v) is 19.2. The van der Waals surface area contributed by atoms with Crippen LogP contribution < -0.4 is 0 Å². The van der Waals surface area contributed by atoms with E-state index in [-0.39, 0.29) is 6.04 Å². The summed E-state index contributed by atoms with van der Waals surface area (Å²) in [6.07, 6.45) is 4.81. The molecule has 1 unspecified atom stereocenters. The lowest BCUT2D eigenvalue weighted by atomic mass is 9.89. The van der Waals surface area contributed by atoms with Crippen LogP contribution in [0.15, 0.2) is 202 Å². The largest absolute Gasteiger partial charge is 0.454 e. The summed E-state index contributed by atoms with van der Waals surface area (Å²) in [4.78, 5) is 11.8. The van der Waals surface area contributed by atoms with Crippen molar-refractivity contribution in [1.82, 2.24) is 4.57 Å². The molecule has 0 amide bonds. The maximum Gasteiger partial charge on any atom is 0.160 e. The highest BCUT2D eigenvalue weighted by atomic mass is 32.1. The summed E-state index contributed by atoms with van der Waals surface area (Å²) in [6, 6.07) is 68.8. The zero-order valence-electron chi connectivity index (χ0n) is 36.2. The van der Waals surface area contributed by atoms with Crippen molar-refractivity contribution in [1.29, 1.82) is 0 Å². The van der Waals surface area contributed by atoms with E-state index in [0.717, 1.165) is 87.9 Å². The average Bonchev–Trinajstić information content (AvgIpc) is 4.11. The van der Waals surface area contributed by atoms with Crippen molar-refractivity contribution in [3.05, 3.63) is 210 Å². The van der Waals surface area contributed by atoms with Crippen LogP contribution in [0.4, 0.5) is 0 Å². The second kappa shape index (κ2) is 15.0. The zero-order chi connectivity index (χ0) is 43.3. The second-order valence-electron chi connectivity index (χ2n) is 18.1. The van der Waals surface area contributed by atoms with Crippen molar-refractivity contribution >= 4 is 97.6 Å². The molecule has 0 saturated carbocycles. The van der Waals surface area contributed by atoms with Gasteiger partial charge in [-0.3, -0.25) is 4.99 Å². The Bertz CT molecular complexity index is 3970. The minimum absolute atomic E-state index is 0.0734. The zero-order valence-corrected chi connectivity index (χ0v) is 37.1. The first-order valence-corrected chi connectivity index (χ1v) is 24.2. The number of thiophene rings is 1. The smallest absolute Gasteiger partial charge is 0.160 e. The first-order chi connectivity index (χ1) is 32.7. The molecule has 12 aromatic rings. The molecule has 5 heteroatoms. The summed E-state index contributed by atoms with van der Waals surface area (Å²) in [5.41, 5.74) is 13.8. The molecule has 66 heavy (non-hydrogen) atoms. The molecule has 0 radical (unpaired) electrons. The average molecular weight is 866 g/mol. The maximum atomic E-state index is 7.07. The molecular weight excluding hydrogens is 823 g/mol. The number of rotatable bonds is 6. The number of aliphatic imine (C=N–C) groups is 2. The molecule has 1 aliphatic heterocycles. The third-order valence-corrected chi connectivity index (χ3v) is 15.6. The van der Waals surface area contributed by atoms with Gasteiger partial charge in [0.05, 0.1) is 22.8 Å². The molecule has 3 aromatic heterocycles. The number of aromatic nitrogens is 1. The van der Waals surface area contributed by atoms with Crippen molar-refractivity contribution in [3.8, 4) is 16.8 Å². The van der Waals surface area contributed by atoms with E-state index in [0.29, 0.717) is 5.92 Å². The van der Waals surface area contributed by atoms with E-state index >= 15 is 0 Å². The highest BCUT2D eigenvalue weighted by molar-refractivity contribution is 7.25. The van der Waals surface area contributed by atoms with Gasteiger partial charge in [-0.1, -0.05) is 140 Å². The van der Waals surface area contributed by atoms with Gasteiger partial charge in [0, 0.05) is 58.8 Å². The van der Waals surface area contributed by atoms with E-state index in [1.165, 1.54) is 69.5 Å². The van der Waals surface area contributed by atoms with Crippen LogP contribution in [0.25, 0.3) is 91.5 Å². The molecule has 0 N–H and O–H groups in total. The van der Waals surface area contributed by atoms with Gasteiger partial charge < -0.3 is 8.98 Å². The molecule has 4 nitrogen and oxygen atoms in total. The first kappa shape index (κ1) is 37.7. The lowest BCUT2D eigenvalue weighted by molar-refractivity contribution is 0.517. The van der Waals surface area contributed by atoms with Gasteiger partial charge in [0.2, 0.25) is 0 Å². The predicted molar refractivity (Wildman–Crippen MR) is 279 cm³/mol. The van der Waals surface area contributed by atoms with Crippen LogP contribution >= 0.6 is 11.3 Å². The Morgan fingerprint density at radius 3 is 2.06 bits per heavy atom. The predicted octanol–water partition coefficient (Wildman–Crippen LogP) is 16.6. The van der Waals surface area contributed by atoms with Gasteiger partial charge >= 0.3 is 0 Å². The van der Waals surface area contributed by atoms with Crippen LogP contribution in [0.5, 0.6) is 0 Å². The van der Waals surface area contributed by atoms with Gasteiger partial charge in [0.15, 0.2) is 11.4 Å². The molecule has 2 aliphatic rings. The summed E-state index contributed by atoms with van der Waals surface area (Å²) in [7, 11) is 0. The van der Waals surface area contributed by atoms with Crippen molar-refractivity contribution in [3.63, 3.8) is 0 Å². The number of fused-ring (bicyclic) bond motifs is 13. The molecule has 4 heterocycles. The van der Waals surface area contributed by atoms with Crippen LogP contribution in [0.1, 0.15) is 60.3 Å². The van der Waals surface area contributed by atoms with E-state index in [1.54, 1.807) is 0 Å². The summed E-state index contributed by atoms with van der Waals surface area (Å²) in [5, 5.41) is 9.58. The van der Waals surface area contributed by atoms with Crippen molar-refractivity contribution in [2.75, 3.05) is 0 Å². The molecule has 9 aromatic carbocycles. The highest BCUT2D eigenvalue weighted by Crippen LogP contribution is 2.48. The van der Waals surface area contributed by atoms with E-state index in [2.05, 4.69) is 193 Å². The van der Waals surface area contributed by atoms with Crippen LogP contribution in [0.2, 0.25) is 0 Å². The van der Waals surface area contributed by atoms with Gasteiger partial charge in [0.1, 0.15) is 11.3 Å². The topological polar surface area (TPSA) is 42.8 Å². The molecule has 0 fully saturated rings. The lowest BCUT2D eigenvalue weighted by Gasteiger charge is -2.22. The monoisotopic (exact) mass is 865 g/mol. The molecule has 14 rings (SSSR count). The Balaban J connectivity index is 1.03. The standard InChI is InChI=1S/C61H43N3OS/c1-2-16-38-36-54-51(35-37(38)15-1)45-22-7-10-27-53(45)64(54)59-50(34-33-47-46-23-8-11-28-55(46)65-60(47)59)61-62-39(31-32-44-42-20-5-3-18-40(42)41-19-4-6-21-43(41)44)17-13-26-52(63-61)48-25-14-30-57-58(48)49-24-9-12-29-56(49)66-57/h1-12,14-16,18-25,27-30,33-36,39,44H,13,17,26,31-32H2/b62-61-,63-52+. The quantitative estimate of drug-likeness (QED) is 0.164. The lowest BCUT2D eigenvalue weighted by Crippen LogP contribution is -2.18. The molecule has 1 aliphatic carbocycles. The fraction of sp³-hybridized carbons (Fsp3) is 0.115. The number of hydrogen-bond acceptors (Lipinski definition) is 4. The van der Waals surface area contributed by atoms with E-state index in [1.807, 2.05) is 11.3 Å². The van der Waals surface area contributed by atoms with Crippen molar-refractivity contribution in [2.24, 2.45) is 9.98 Å². The van der Waals surface area contributed by atoms with E-state index in [9.17, 15) is 0 Å². The molecule has 0 bridgehead atoms. The Hall–Kier alpha value is -7.60. The minimum Gasteiger partial charge on any atom is -0.454 e. The molecule has 1 atom stereocenters. The number of furan rings is 1. The molecule has 0 spiro atoms. The number of hydrogen-bond donors (Lipinski definition) is 0. The SMILES string of the molecule is c1ccc2c(c1)-c1ccccc1C2CCC1CCC/C(c2cccc3sc4ccccc4c23)=N\C(c2ccc3c(oc4ccccc43)c2-n2c3ccccc3c3cc4ccccc4cc32)=N/1. The third kappa shape index (κ3) is 5.82. The van der Waals surface area contributed by atoms with Crippen LogP contribution in [0.3, 0.4) is 0 Å². The van der Waals surface area contributed by atoms with Crippen LogP contribution in [0, 0.1) is 0 Å². The Kier molecular flexibility index (Phi) is 8.57.